The lowest BCUT2D eigenvalue weighted by atomic mass is 10.0. The number of halogens is 3. The Morgan fingerprint density at radius 1 is 0.970 bits per heavy atom. The van der Waals surface area contributed by atoms with Crippen LogP contribution in [0.4, 0.5) is 0 Å². The molecule has 2 aromatic heterocycles. The van der Waals surface area contributed by atoms with Crippen LogP contribution >= 0.6 is 34.8 Å². The highest BCUT2D eigenvalue weighted by Crippen LogP contribution is 2.45. The van der Waals surface area contributed by atoms with Gasteiger partial charge in [-0.3, -0.25) is 14.2 Å². The maximum Gasteiger partial charge on any atom is 0.224 e. The van der Waals surface area contributed by atoms with Gasteiger partial charge in [0.15, 0.2) is 0 Å². The van der Waals surface area contributed by atoms with Crippen molar-refractivity contribution >= 4 is 46.4 Å². The molecule has 8 nitrogen and oxygen atoms in total. The van der Waals surface area contributed by atoms with Gasteiger partial charge in [-0.25, -0.2) is 0 Å². The van der Waals surface area contributed by atoms with Crippen LogP contribution in [0.25, 0.3) is 5.69 Å². The maximum absolute atomic E-state index is 13.4. The van der Waals surface area contributed by atoms with E-state index in [2.05, 4.69) is 4.98 Å². The quantitative estimate of drug-likeness (QED) is 0.236. The predicted molar refractivity (Wildman–Crippen MR) is 120 cm³/mol. The van der Waals surface area contributed by atoms with E-state index >= 15 is 0 Å². The van der Waals surface area contributed by atoms with E-state index < -0.39 is 17.3 Å². The number of nitrogens with one attached hydrogen (secondary N) is 1. The molecule has 1 aliphatic heterocycles. The summed E-state index contributed by atoms with van der Waals surface area (Å²) in [6.07, 6.45) is 0. The average Bonchev–Trinajstić information content (AvgIpc) is 3.22. The molecule has 0 spiro atoms. The van der Waals surface area contributed by atoms with Crippen molar-refractivity contribution in [2.45, 2.75) is 0 Å². The number of phenolic OH excluding ortho intramolecular Hbond substituents is 3. The lowest BCUT2D eigenvalue weighted by Gasteiger charge is -2.19. The molecule has 0 unspecified atom stereocenters. The monoisotopic (exact) mass is 504 g/mol. The highest BCUT2D eigenvalue weighted by Gasteiger charge is 2.34. The lowest BCUT2D eigenvalue weighted by Crippen LogP contribution is -2.16. The minimum Gasteiger partial charge on any atom is -0.508 e. The molecular weight excluding hydrogens is 495 g/mol. The smallest absolute Gasteiger partial charge is 0.224 e. The number of aromatic amines is 1. The van der Waals surface area contributed by atoms with E-state index in [0.29, 0.717) is 0 Å². The number of phenols is 3. The molecule has 0 aliphatic carbocycles. The minimum atomic E-state index is -0.701. The first-order valence-electron chi connectivity index (χ1n) is 9.28. The molecule has 33 heavy (non-hydrogen) atoms. The van der Waals surface area contributed by atoms with E-state index in [0.717, 1.165) is 6.07 Å². The fourth-order valence-corrected chi connectivity index (χ4v) is 4.27. The molecule has 5 rings (SSSR count). The van der Waals surface area contributed by atoms with E-state index in [1.54, 1.807) is 0 Å². The van der Waals surface area contributed by atoms with Crippen LogP contribution in [0.1, 0.15) is 32.1 Å². The van der Waals surface area contributed by atoms with Gasteiger partial charge in [0.25, 0.3) is 0 Å². The molecule has 0 bridgehead atoms. The molecule has 0 amide bonds. The number of hydrogen-bond acceptors (Lipinski definition) is 6. The summed E-state index contributed by atoms with van der Waals surface area (Å²) in [5.41, 5.74) is -0.176. The fourth-order valence-electron chi connectivity index (χ4n) is 3.63. The molecule has 4 aromatic rings. The normalized spacial score (nSPS) is 12.3. The molecule has 2 aromatic carbocycles. The van der Waals surface area contributed by atoms with Crippen LogP contribution in [-0.4, -0.2) is 36.4 Å². The largest absolute Gasteiger partial charge is 0.508 e. The van der Waals surface area contributed by atoms with E-state index in [9.17, 15) is 24.9 Å². The SMILES string of the molecule is O=C1c2ccc(O)cc2Oc2c(Cl)cc(C(=O)c3ccc(O)cc3O)n2-c2c1[nH]c(Cl)c2Cl. The molecule has 11 heteroatoms. The van der Waals surface area contributed by atoms with Crippen LogP contribution in [0.2, 0.25) is 15.2 Å². The second-order valence-corrected chi connectivity index (χ2v) is 8.30. The zero-order valence-corrected chi connectivity index (χ0v) is 18.5. The number of carbonyl (C=O) groups is 2. The van der Waals surface area contributed by atoms with Crippen LogP contribution < -0.4 is 4.74 Å². The number of ether oxygens (including phenoxy) is 1. The van der Waals surface area contributed by atoms with Gasteiger partial charge in [-0.05, 0) is 30.3 Å². The topological polar surface area (TPSA) is 125 Å². The molecule has 3 heterocycles. The Morgan fingerprint density at radius 2 is 1.67 bits per heavy atom. The maximum atomic E-state index is 13.4. The van der Waals surface area contributed by atoms with E-state index in [-0.39, 0.29) is 66.5 Å². The standard InChI is InChI=1S/C22H11Cl3N2O6/c23-12-7-13(19(31)10-3-1-8(28)5-14(10)30)27-18-16(24)21(25)26-17(18)20(32)11-4-2-9(29)6-15(11)33-22(12)27/h1-7,26,28-30H. The van der Waals surface area contributed by atoms with Crippen molar-refractivity contribution in [1.29, 1.82) is 0 Å². The zero-order chi connectivity index (χ0) is 23.6. The van der Waals surface area contributed by atoms with Gasteiger partial charge in [0.2, 0.25) is 17.4 Å². The van der Waals surface area contributed by atoms with E-state index in [1.807, 2.05) is 0 Å². The number of benzene rings is 2. The van der Waals surface area contributed by atoms with Crippen LogP contribution in [0, 0.1) is 0 Å². The van der Waals surface area contributed by atoms with Crippen molar-refractivity contribution in [3.8, 4) is 34.6 Å². The van der Waals surface area contributed by atoms with Gasteiger partial charge in [0.05, 0.1) is 22.5 Å². The number of aromatic hydroxyl groups is 3. The molecule has 0 saturated carbocycles. The fraction of sp³-hybridized carbons (Fsp3) is 0. The molecule has 0 radical (unpaired) electrons. The van der Waals surface area contributed by atoms with Gasteiger partial charge >= 0.3 is 0 Å². The first kappa shape index (κ1) is 21.3. The number of H-pyrrole nitrogens is 1. The van der Waals surface area contributed by atoms with Crippen molar-refractivity contribution in [3.63, 3.8) is 0 Å². The van der Waals surface area contributed by atoms with Crippen molar-refractivity contribution in [3.05, 3.63) is 80.2 Å². The first-order chi connectivity index (χ1) is 15.7. The summed E-state index contributed by atoms with van der Waals surface area (Å²) in [4.78, 5) is 29.4. The first-order valence-corrected chi connectivity index (χ1v) is 10.4. The number of rotatable bonds is 2. The number of aromatic nitrogens is 2. The van der Waals surface area contributed by atoms with Crippen LogP contribution in [0.15, 0.2) is 42.5 Å². The van der Waals surface area contributed by atoms with E-state index in [1.165, 1.54) is 41.0 Å². The number of nitrogens with zero attached hydrogens (tertiary/aromatic N) is 1. The number of carbonyl (C=O) groups excluding carboxylic acids is 2. The summed E-state index contributed by atoms with van der Waals surface area (Å²) in [6, 6.07) is 8.67. The Balaban J connectivity index is 1.84. The third kappa shape index (κ3) is 3.22. The van der Waals surface area contributed by atoms with Crippen molar-refractivity contribution in [2.75, 3.05) is 0 Å². The number of fused-ring (bicyclic) bond motifs is 4. The highest BCUT2D eigenvalue weighted by atomic mass is 35.5. The average molecular weight is 506 g/mol. The Hall–Kier alpha value is -3.59. The number of hydrogen-bond donors (Lipinski definition) is 4. The Kier molecular flexibility index (Phi) is 4.82. The van der Waals surface area contributed by atoms with Crippen molar-refractivity contribution in [2.24, 2.45) is 0 Å². The van der Waals surface area contributed by atoms with Gasteiger partial charge < -0.3 is 25.0 Å². The molecule has 166 valence electrons. The Labute approximate surface area is 200 Å². The lowest BCUT2D eigenvalue weighted by molar-refractivity contribution is 0.101. The van der Waals surface area contributed by atoms with Crippen LogP contribution in [0.3, 0.4) is 0 Å². The van der Waals surface area contributed by atoms with Gasteiger partial charge in [-0.15, -0.1) is 0 Å². The van der Waals surface area contributed by atoms with Crippen LogP contribution in [0.5, 0.6) is 28.9 Å². The summed E-state index contributed by atoms with van der Waals surface area (Å²) < 4.78 is 7.09. The molecular formula is C22H11Cl3N2O6. The van der Waals surface area contributed by atoms with Crippen molar-refractivity contribution in [1.82, 2.24) is 9.55 Å². The molecule has 0 atom stereocenters. The Morgan fingerprint density at radius 3 is 2.39 bits per heavy atom. The summed E-state index contributed by atoms with van der Waals surface area (Å²) in [5, 5.41) is 29.5. The molecule has 1 aliphatic rings. The highest BCUT2D eigenvalue weighted by molar-refractivity contribution is 6.43. The molecule has 0 saturated heterocycles. The summed E-state index contributed by atoms with van der Waals surface area (Å²) in [6.45, 7) is 0. The minimum absolute atomic E-state index is 0.0137. The molecule has 0 fully saturated rings. The summed E-state index contributed by atoms with van der Waals surface area (Å²) >= 11 is 19.0. The second kappa shape index (κ2) is 7.48. The van der Waals surface area contributed by atoms with Gasteiger partial charge in [0, 0.05) is 12.1 Å². The third-order valence-electron chi connectivity index (χ3n) is 5.11. The summed E-state index contributed by atoms with van der Waals surface area (Å²) in [5.74, 6) is -2.21. The van der Waals surface area contributed by atoms with E-state index in [4.69, 9.17) is 39.5 Å². The summed E-state index contributed by atoms with van der Waals surface area (Å²) in [7, 11) is 0. The zero-order valence-electron chi connectivity index (χ0n) is 16.2. The number of ketones is 2. The van der Waals surface area contributed by atoms with Gasteiger partial charge in [0.1, 0.15) is 43.9 Å². The van der Waals surface area contributed by atoms with Gasteiger partial charge in [-0.1, -0.05) is 34.8 Å². The third-order valence-corrected chi connectivity index (χ3v) is 6.13. The molecule has 4 N–H and O–H groups in total. The second-order valence-electron chi connectivity index (χ2n) is 7.14. The van der Waals surface area contributed by atoms with Crippen LogP contribution in [-0.2, 0) is 0 Å². The Bertz CT molecular complexity index is 1500. The van der Waals surface area contributed by atoms with Gasteiger partial charge in [-0.2, -0.15) is 0 Å². The predicted octanol–water partition coefficient (Wildman–Crippen LogP) is 5.45. The van der Waals surface area contributed by atoms with Crippen molar-refractivity contribution < 1.29 is 29.6 Å².